The van der Waals surface area contributed by atoms with Gasteiger partial charge in [0.1, 0.15) is 0 Å². The molecule has 0 fully saturated rings. The fourth-order valence-electron chi connectivity index (χ4n) is 1.44. The van der Waals surface area contributed by atoms with Crippen molar-refractivity contribution in [1.29, 1.82) is 0 Å². The molecule has 0 saturated heterocycles. The summed E-state index contributed by atoms with van der Waals surface area (Å²) in [6, 6.07) is 0. The number of hydrogen-bond donors (Lipinski definition) is 0. The molecule has 2 nitrogen and oxygen atoms in total. The second-order valence-electron chi connectivity index (χ2n) is 6.97. The molecule has 98 valence electrons. The van der Waals surface area contributed by atoms with Crippen molar-refractivity contribution < 1.29 is 9.78 Å². The monoisotopic (exact) mass is 230 g/mol. The van der Waals surface area contributed by atoms with Crippen molar-refractivity contribution in [3.05, 3.63) is 0 Å². The van der Waals surface area contributed by atoms with Crippen molar-refractivity contribution in [2.45, 2.75) is 67.2 Å². The molecule has 0 rings (SSSR count). The third-order valence-electron chi connectivity index (χ3n) is 2.39. The van der Waals surface area contributed by atoms with E-state index in [0.29, 0.717) is 24.0 Å². The van der Waals surface area contributed by atoms with Crippen LogP contribution < -0.4 is 0 Å². The third-order valence-corrected chi connectivity index (χ3v) is 2.39. The summed E-state index contributed by atoms with van der Waals surface area (Å²) in [5, 5.41) is 0. The van der Waals surface area contributed by atoms with E-state index >= 15 is 0 Å². The third kappa shape index (κ3) is 13.9. The van der Waals surface area contributed by atoms with Crippen LogP contribution >= 0.6 is 0 Å². The van der Waals surface area contributed by atoms with Crippen LogP contribution in [-0.2, 0) is 9.78 Å². The molecule has 0 atom stereocenters. The predicted octanol–water partition coefficient (Wildman–Crippen LogP) is 4.59. The lowest BCUT2D eigenvalue weighted by molar-refractivity contribution is -0.296. The van der Waals surface area contributed by atoms with E-state index in [0.717, 1.165) is 12.8 Å². The molecule has 2 heteroatoms. The molecule has 0 radical (unpaired) electrons. The number of rotatable bonds is 7. The zero-order valence-electron chi connectivity index (χ0n) is 12.1. The summed E-state index contributed by atoms with van der Waals surface area (Å²) in [7, 11) is 0. The van der Waals surface area contributed by atoms with E-state index in [-0.39, 0.29) is 0 Å². The van der Waals surface area contributed by atoms with Gasteiger partial charge in [0, 0.05) is 0 Å². The van der Waals surface area contributed by atoms with Crippen LogP contribution in [0.2, 0.25) is 0 Å². The minimum absolute atomic E-state index is 0.398. The normalized spacial score (nSPS) is 13.1. The van der Waals surface area contributed by atoms with Crippen LogP contribution in [0.15, 0.2) is 0 Å². The van der Waals surface area contributed by atoms with Crippen LogP contribution in [0.4, 0.5) is 0 Å². The van der Waals surface area contributed by atoms with Crippen molar-refractivity contribution in [2.75, 3.05) is 13.2 Å². The van der Waals surface area contributed by atoms with E-state index in [1.54, 1.807) is 0 Å². The standard InChI is InChI=1S/C14H30O2/c1-13(2,3)9-7-11-15-16-12-8-10-14(4,5)6/h7-12H2,1-6H3. The Morgan fingerprint density at radius 2 is 0.938 bits per heavy atom. The van der Waals surface area contributed by atoms with E-state index in [2.05, 4.69) is 41.5 Å². The van der Waals surface area contributed by atoms with E-state index in [9.17, 15) is 0 Å². The Bertz CT molecular complexity index is 143. The Kier molecular flexibility index (Phi) is 7.25. The van der Waals surface area contributed by atoms with E-state index in [1.165, 1.54) is 12.8 Å². The van der Waals surface area contributed by atoms with Gasteiger partial charge in [0.2, 0.25) is 0 Å². The lowest BCUT2D eigenvalue weighted by Gasteiger charge is -2.18. The average Bonchev–Trinajstić information content (AvgIpc) is 2.06. The van der Waals surface area contributed by atoms with Crippen molar-refractivity contribution in [3.8, 4) is 0 Å². The summed E-state index contributed by atoms with van der Waals surface area (Å²) in [4.78, 5) is 10.3. The van der Waals surface area contributed by atoms with E-state index < -0.39 is 0 Å². The van der Waals surface area contributed by atoms with Gasteiger partial charge in [0.05, 0.1) is 13.2 Å². The number of hydrogen-bond acceptors (Lipinski definition) is 2. The fourth-order valence-corrected chi connectivity index (χ4v) is 1.44. The summed E-state index contributed by atoms with van der Waals surface area (Å²) < 4.78 is 0. The maximum Gasteiger partial charge on any atom is 0.0822 e. The van der Waals surface area contributed by atoms with E-state index in [4.69, 9.17) is 9.78 Å². The topological polar surface area (TPSA) is 18.5 Å². The molecular formula is C14H30O2. The molecule has 0 heterocycles. The summed E-state index contributed by atoms with van der Waals surface area (Å²) in [6.07, 6.45) is 4.50. The lowest BCUT2D eigenvalue weighted by atomic mass is 9.91. The predicted molar refractivity (Wildman–Crippen MR) is 69.3 cm³/mol. The van der Waals surface area contributed by atoms with Gasteiger partial charge in [-0.15, -0.1) is 0 Å². The molecule has 0 aromatic rings. The molecule has 16 heavy (non-hydrogen) atoms. The molecule has 0 aliphatic heterocycles. The molecule has 0 aliphatic carbocycles. The minimum Gasteiger partial charge on any atom is -0.237 e. The van der Waals surface area contributed by atoms with Crippen LogP contribution in [0.3, 0.4) is 0 Å². The SMILES string of the molecule is CC(C)(C)CCCOOCCCC(C)(C)C. The van der Waals surface area contributed by atoms with Gasteiger partial charge in [-0.1, -0.05) is 41.5 Å². The molecular weight excluding hydrogens is 200 g/mol. The zero-order valence-corrected chi connectivity index (χ0v) is 12.1. The lowest BCUT2D eigenvalue weighted by Crippen LogP contribution is -2.09. The van der Waals surface area contributed by atoms with Crippen molar-refractivity contribution in [1.82, 2.24) is 0 Å². The molecule has 0 spiro atoms. The zero-order chi connectivity index (χ0) is 12.7. The van der Waals surface area contributed by atoms with Gasteiger partial charge >= 0.3 is 0 Å². The van der Waals surface area contributed by atoms with Crippen LogP contribution in [0.25, 0.3) is 0 Å². The molecule has 0 aromatic carbocycles. The molecule has 0 aliphatic rings. The highest BCUT2D eigenvalue weighted by molar-refractivity contribution is 4.60. The second kappa shape index (κ2) is 7.29. The Morgan fingerprint density at radius 3 is 1.19 bits per heavy atom. The van der Waals surface area contributed by atoms with E-state index in [1.807, 2.05) is 0 Å². The Morgan fingerprint density at radius 1 is 0.625 bits per heavy atom. The first-order valence-electron chi connectivity index (χ1n) is 6.45. The molecule has 0 bridgehead atoms. The highest BCUT2D eigenvalue weighted by Crippen LogP contribution is 2.21. The summed E-state index contributed by atoms with van der Waals surface area (Å²) in [6.45, 7) is 14.9. The Hall–Kier alpha value is -0.0800. The Balaban J connectivity index is 3.17. The van der Waals surface area contributed by atoms with Crippen LogP contribution in [-0.4, -0.2) is 13.2 Å². The van der Waals surface area contributed by atoms with Gasteiger partial charge in [-0.2, -0.15) is 0 Å². The van der Waals surface area contributed by atoms with Crippen molar-refractivity contribution in [3.63, 3.8) is 0 Å². The first-order chi connectivity index (χ1) is 7.21. The molecule has 0 unspecified atom stereocenters. The maximum atomic E-state index is 5.14. The minimum atomic E-state index is 0.398. The highest BCUT2D eigenvalue weighted by Gasteiger charge is 2.10. The van der Waals surface area contributed by atoms with Crippen molar-refractivity contribution in [2.24, 2.45) is 10.8 Å². The molecule has 0 N–H and O–H groups in total. The second-order valence-corrected chi connectivity index (χ2v) is 6.97. The van der Waals surface area contributed by atoms with Crippen molar-refractivity contribution >= 4 is 0 Å². The van der Waals surface area contributed by atoms with Crippen LogP contribution in [0.1, 0.15) is 67.2 Å². The van der Waals surface area contributed by atoms with Crippen LogP contribution in [0.5, 0.6) is 0 Å². The van der Waals surface area contributed by atoms with Gasteiger partial charge in [-0.3, -0.25) is 0 Å². The average molecular weight is 230 g/mol. The summed E-state index contributed by atoms with van der Waals surface area (Å²) in [5.41, 5.74) is 0.797. The van der Waals surface area contributed by atoms with Crippen LogP contribution in [0, 0.1) is 10.8 Å². The van der Waals surface area contributed by atoms with Gasteiger partial charge in [0.25, 0.3) is 0 Å². The molecule has 0 saturated carbocycles. The summed E-state index contributed by atoms with van der Waals surface area (Å²) in [5.74, 6) is 0. The molecule has 0 amide bonds. The Labute approximate surface area is 102 Å². The van der Waals surface area contributed by atoms with Gasteiger partial charge in [-0.05, 0) is 36.5 Å². The quantitative estimate of drug-likeness (QED) is 0.362. The molecule has 0 aromatic heterocycles. The van der Waals surface area contributed by atoms with Gasteiger partial charge in [-0.25, -0.2) is 9.78 Å². The fraction of sp³-hybridized carbons (Fsp3) is 1.00. The summed E-state index contributed by atoms with van der Waals surface area (Å²) >= 11 is 0. The first-order valence-corrected chi connectivity index (χ1v) is 6.45. The first kappa shape index (κ1) is 15.9. The van der Waals surface area contributed by atoms with Gasteiger partial charge in [0.15, 0.2) is 0 Å². The smallest absolute Gasteiger partial charge is 0.0822 e. The highest BCUT2D eigenvalue weighted by atomic mass is 17.2. The largest absolute Gasteiger partial charge is 0.237 e. The van der Waals surface area contributed by atoms with Gasteiger partial charge < -0.3 is 0 Å². The maximum absolute atomic E-state index is 5.14.